The van der Waals surface area contributed by atoms with Gasteiger partial charge in [0.25, 0.3) is 0 Å². The van der Waals surface area contributed by atoms with Gasteiger partial charge in [0.2, 0.25) is 0 Å². The lowest BCUT2D eigenvalue weighted by molar-refractivity contribution is -0.292. The average molecular weight is 247 g/mol. The van der Waals surface area contributed by atoms with Crippen LogP contribution in [0.4, 0.5) is 0 Å². The van der Waals surface area contributed by atoms with E-state index in [1.807, 2.05) is 0 Å². The predicted octanol–water partition coefficient (Wildman–Crippen LogP) is 0.0589. The molecule has 0 aromatic rings. The molecule has 1 heterocycles. The molecule has 1 N–H and O–H groups in total. The van der Waals surface area contributed by atoms with Gasteiger partial charge in [-0.25, -0.2) is 0 Å². The van der Waals surface area contributed by atoms with E-state index in [0.29, 0.717) is 0 Å². The zero-order valence-electron chi connectivity index (χ0n) is 10.0. The summed E-state index contributed by atoms with van der Waals surface area (Å²) in [6.07, 6.45) is -3.32. The van der Waals surface area contributed by atoms with E-state index in [0.717, 1.165) is 0 Å². The Morgan fingerprint density at radius 1 is 1.18 bits per heavy atom. The molecule has 1 unspecified atom stereocenters. The first-order valence-electron chi connectivity index (χ1n) is 5.12. The molecule has 98 valence electrons. The maximum Gasteiger partial charge on any atom is 0.184 e. The van der Waals surface area contributed by atoms with Crippen LogP contribution < -0.4 is 0 Å². The molecule has 0 aromatic heterocycles. The number of nitrogens with zero attached hydrogens (tertiary/aromatic N) is 3. The van der Waals surface area contributed by atoms with Crippen molar-refractivity contribution in [2.45, 2.75) is 30.7 Å². The van der Waals surface area contributed by atoms with Crippen LogP contribution in [0.25, 0.3) is 10.4 Å². The van der Waals surface area contributed by atoms with E-state index in [1.165, 1.54) is 21.3 Å². The number of rotatable bonds is 5. The van der Waals surface area contributed by atoms with Crippen LogP contribution in [0.3, 0.4) is 0 Å². The normalized spacial score (nSPS) is 37.5. The summed E-state index contributed by atoms with van der Waals surface area (Å²) in [6, 6.07) is 0. The lowest BCUT2D eigenvalue weighted by Crippen LogP contribution is -2.60. The minimum atomic E-state index is -1.14. The maximum absolute atomic E-state index is 9.74. The molecule has 0 amide bonds. The zero-order valence-corrected chi connectivity index (χ0v) is 10.0. The van der Waals surface area contributed by atoms with Crippen molar-refractivity contribution < 1.29 is 24.1 Å². The Balaban J connectivity index is 2.84. The SMILES string of the molecule is CO[C@@H]1[C@H](OC)[C@@H](OC)C(O)O[C@@H]1CN=[N+]=[N-]. The minimum Gasteiger partial charge on any atom is -0.376 e. The molecule has 1 rings (SSSR count). The van der Waals surface area contributed by atoms with Crippen LogP contribution in [0, 0.1) is 0 Å². The second-order valence-corrected chi connectivity index (χ2v) is 3.58. The van der Waals surface area contributed by atoms with Crippen LogP contribution in [0.15, 0.2) is 5.11 Å². The number of hydrogen-bond acceptors (Lipinski definition) is 6. The van der Waals surface area contributed by atoms with Crippen molar-refractivity contribution >= 4 is 0 Å². The molecule has 0 spiro atoms. The van der Waals surface area contributed by atoms with E-state index in [1.54, 1.807) is 0 Å². The largest absolute Gasteiger partial charge is 0.376 e. The summed E-state index contributed by atoms with van der Waals surface area (Å²) in [7, 11) is 4.43. The molecule has 1 aliphatic heterocycles. The van der Waals surface area contributed by atoms with E-state index in [4.69, 9.17) is 24.5 Å². The molecule has 0 aromatic carbocycles. The highest BCUT2D eigenvalue weighted by atomic mass is 16.7. The molecule has 0 saturated carbocycles. The number of methoxy groups -OCH3 is 3. The first-order valence-corrected chi connectivity index (χ1v) is 5.12. The second kappa shape index (κ2) is 6.75. The Hall–Kier alpha value is -0.890. The summed E-state index contributed by atoms with van der Waals surface area (Å²) in [5.74, 6) is 0. The van der Waals surface area contributed by atoms with Gasteiger partial charge in [-0.2, -0.15) is 0 Å². The zero-order chi connectivity index (χ0) is 12.8. The van der Waals surface area contributed by atoms with Gasteiger partial charge in [0, 0.05) is 26.2 Å². The van der Waals surface area contributed by atoms with Gasteiger partial charge in [-0.3, -0.25) is 0 Å². The minimum absolute atomic E-state index is 0.0579. The number of aliphatic hydroxyl groups excluding tert-OH is 1. The topological polar surface area (TPSA) is 106 Å². The first kappa shape index (κ1) is 14.2. The standard InChI is InChI=1S/C9H17N3O5/c1-14-6-5(4-11-12-10)17-9(13)8(16-3)7(6)15-2/h5-9,13H,4H2,1-3H3/t5-,6+,7+,8-,9?/m1/s1. The Morgan fingerprint density at radius 2 is 1.76 bits per heavy atom. The smallest absolute Gasteiger partial charge is 0.184 e. The van der Waals surface area contributed by atoms with E-state index < -0.39 is 30.7 Å². The molecule has 17 heavy (non-hydrogen) atoms. The van der Waals surface area contributed by atoms with E-state index >= 15 is 0 Å². The molecule has 5 atom stereocenters. The van der Waals surface area contributed by atoms with Crippen LogP contribution in [0.2, 0.25) is 0 Å². The van der Waals surface area contributed by atoms with Crippen LogP contribution in [0.1, 0.15) is 0 Å². The van der Waals surface area contributed by atoms with Crippen molar-refractivity contribution in [3.63, 3.8) is 0 Å². The first-order chi connectivity index (χ1) is 8.19. The highest BCUT2D eigenvalue weighted by Crippen LogP contribution is 2.26. The summed E-state index contributed by atoms with van der Waals surface area (Å²) in [5, 5.41) is 13.2. The number of azide groups is 1. The van der Waals surface area contributed by atoms with Gasteiger partial charge >= 0.3 is 0 Å². The predicted molar refractivity (Wildman–Crippen MR) is 57.3 cm³/mol. The van der Waals surface area contributed by atoms with Crippen LogP contribution in [-0.2, 0) is 18.9 Å². The van der Waals surface area contributed by atoms with Crippen LogP contribution in [-0.4, -0.2) is 63.7 Å². The number of aliphatic hydroxyl groups is 1. The van der Waals surface area contributed by atoms with Crippen molar-refractivity contribution in [1.82, 2.24) is 0 Å². The fourth-order valence-electron chi connectivity index (χ4n) is 1.96. The molecular weight excluding hydrogens is 230 g/mol. The Bertz CT molecular complexity index is 284. The summed E-state index contributed by atoms with van der Waals surface area (Å²) in [6.45, 7) is 0.0579. The molecule has 0 radical (unpaired) electrons. The highest BCUT2D eigenvalue weighted by molar-refractivity contribution is 4.92. The van der Waals surface area contributed by atoms with E-state index in [2.05, 4.69) is 10.0 Å². The fourth-order valence-corrected chi connectivity index (χ4v) is 1.96. The summed E-state index contributed by atoms with van der Waals surface area (Å²) >= 11 is 0. The van der Waals surface area contributed by atoms with Crippen molar-refractivity contribution in [3.8, 4) is 0 Å². The van der Waals surface area contributed by atoms with Crippen molar-refractivity contribution in [3.05, 3.63) is 10.4 Å². The quantitative estimate of drug-likeness (QED) is 0.420. The Kier molecular flexibility index (Phi) is 5.63. The van der Waals surface area contributed by atoms with Crippen LogP contribution in [0.5, 0.6) is 0 Å². The summed E-state index contributed by atoms with van der Waals surface area (Å²) in [4.78, 5) is 2.65. The monoisotopic (exact) mass is 247 g/mol. The summed E-state index contributed by atoms with van der Waals surface area (Å²) < 4.78 is 20.9. The molecule has 8 heteroatoms. The van der Waals surface area contributed by atoms with Crippen molar-refractivity contribution in [2.75, 3.05) is 27.9 Å². The van der Waals surface area contributed by atoms with Crippen LogP contribution >= 0.6 is 0 Å². The molecule has 1 fully saturated rings. The second-order valence-electron chi connectivity index (χ2n) is 3.58. The molecule has 1 saturated heterocycles. The summed E-state index contributed by atoms with van der Waals surface area (Å²) in [5.41, 5.74) is 8.29. The van der Waals surface area contributed by atoms with E-state index in [-0.39, 0.29) is 6.54 Å². The maximum atomic E-state index is 9.74. The van der Waals surface area contributed by atoms with Crippen molar-refractivity contribution in [2.24, 2.45) is 5.11 Å². The molecular formula is C9H17N3O5. The van der Waals surface area contributed by atoms with Gasteiger partial charge in [0.05, 0.1) is 12.6 Å². The van der Waals surface area contributed by atoms with Gasteiger partial charge in [-0.15, -0.1) is 0 Å². The average Bonchev–Trinajstić information content (AvgIpc) is 2.35. The third-order valence-electron chi connectivity index (χ3n) is 2.75. The van der Waals surface area contributed by atoms with Crippen molar-refractivity contribution in [1.29, 1.82) is 0 Å². The third kappa shape index (κ3) is 3.06. The third-order valence-corrected chi connectivity index (χ3v) is 2.75. The highest BCUT2D eigenvalue weighted by Gasteiger charge is 2.46. The van der Waals surface area contributed by atoms with Gasteiger partial charge in [0.1, 0.15) is 18.3 Å². The van der Waals surface area contributed by atoms with Gasteiger partial charge in [-0.1, -0.05) is 5.11 Å². The number of ether oxygens (including phenoxy) is 4. The number of hydrogen-bond donors (Lipinski definition) is 1. The Morgan fingerprint density at radius 3 is 2.24 bits per heavy atom. The molecule has 1 aliphatic rings. The lowest BCUT2D eigenvalue weighted by atomic mass is 9.98. The molecule has 8 nitrogen and oxygen atoms in total. The van der Waals surface area contributed by atoms with Gasteiger partial charge in [0.15, 0.2) is 6.29 Å². The van der Waals surface area contributed by atoms with Gasteiger partial charge < -0.3 is 24.1 Å². The molecule has 0 aliphatic carbocycles. The molecule has 0 bridgehead atoms. The Labute approximate surface area is 99.0 Å². The van der Waals surface area contributed by atoms with E-state index in [9.17, 15) is 5.11 Å². The van der Waals surface area contributed by atoms with Gasteiger partial charge in [-0.05, 0) is 5.53 Å². The lowest BCUT2D eigenvalue weighted by Gasteiger charge is -2.42. The fraction of sp³-hybridized carbons (Fsp3) is 1.00.